The zero-order valence-corrected chi connectivity index (χ0v) is 19.8. The van der Waals surface area contributed by atoms with E-state index in [0.29, 0.717) is 23.8 Å². The second-order valence-corrected chi connectivity index (χ2v) is 10.9. The maximum atomic E-state index is 13.4. The maximum absolute atomic E-state index is 13.4. The Morgan fingerprint density at radius 2 is 1.76 bits per heavy atom. The largest absolute Gasteiger partial charge is 0.296 e. The van der Waals surface area contributed by atoms with Gasteiger partial charge in [-0.3, -0.25) is 14.4 Å². The molecule has 1 aliphatic heterocycles. The molecule has 1 amide bonds. The molecule has 0 fully saturated rings. The van der Waals surface area contributed by atoms with E-state index < -0.39 is 15.9 Å². The number of anilines is 2. The molecule has 0 saturated heterocycles. The number of nitrogens with zero attached hydrogens (tertiary/aromatic N) is 3. The summed E-state index contributed by atoms with van der Waals surface area (Å²) in [7, 11) is -3.81. The molecule has 172 valence electrons. The molecular formula is C25H22N4O3S2. The van der Waals surface area contributed by atoms with E-state index in [0.717, 1.165) is 29.0 Å². The number of hydrogen-bond acceptors (Lipinski definition) is 6. The predicted octanol–water partition coefficient (Wildman–Crippen LogP) is 4.52. The van der Waals surface area contributed by atoms with Gasteiger partial charge in [-0.25, -0.2) is 8.42 Å². The summed E-state index contributed by atoms with van der Waals surface area (Å²) >= 11 is 1.29. The molecule has 4 aromatic rings. The van der Waals surface area contributed by atoms with Crippen molar-refractivity contribution in [2.75, 3.05) is 16.2 Å². The fraction of sp³-hybridized carbons (Fsp3) is 0.160. The first-order chi connectivity index (χ1) is 16.5. The van der Waals surface area contributed by atoms with Crippen molar-refractivity contribution < 1.29 is 13.2 Å². The fourth-order valence-electron chi connectivity index (χ4n) is 3.99. The van der Waals surface area contributed by atoms with E-state index >= 15 is 0 Å². The first-order valence-corrected chi connectivity index (χ1v) is 13.1. The van der Waals surface area contributed by atoms with Crippen molar-refractivity contribution in [1.29, 1.82) is 0 Å². The minimum atomic E-state index is -3.81. The molecule has 34 heavy (non-hydrogen) atoms. The number of fused-ring (bicyclic) bond motifs is 1. The summed E-state index contributed by atoms with van der Waals surface area (Å²) in [5.41, 5.74) is 3.05. The van der Waals surface area contributed by atoms with Gasteiger partial charge in [-0.1, -0.05) is 65.9 Å². The van der Waals surface area contributed by atoms with Crippen LogP contribution in [0.15, 0.2) is 83.8 Å². The van der Waals surface area contributed by atoms with Crippen LogP contribution < -0.4 is 9.62 Å². The predicted molar refractivity (Wildman–Crippen MR) is 133 cm³/mol. The molecule has 0 unspecified atom stereocenters. The quantitative estimate of drug-likeness (QED) is 0.429. The average Bonchev–Trinajstić information content (AvgIpc) is 3.30. The summed E-state index contributed by atoms with van der Waals surface area (Å²) in [6.07, 6.45) is 2.22. The summed E-state index contributed by atoms with van der Waals surface area (Å²) in [4.78, 5) is 12.9. The lowest BCUT2D eigenvalue weighted by molar-refractivity contribution is 0.102. The Hall–Kier alpha value is -3.56. The molecule has 0 atom stereocenters. The molecule has 9 heteroatoms. The van der Waals surface area contributed by atoms with Crippen LogP contribution in [0, 0.1) is 0 Å². The number of aromatic nitrogens is 2. The van der Waals surface area contributed by atoms with Crippen LogP contribution in [0.1, 0.15) is 32.9 Å². The van der Waals surface area contributed by atoms with Crippen LogP contribution >= 0.6 is 11.3 Å². The highest BCUT2D eigenvalue weighted by Crippen LogP contribution is 2.32. The summed E-state index contributed by atoms with van der Waals surface area (Å²) in [6.45, 7) is 0.407. The Morgan fingerprint density at radius 3 is 2.62 bits per heavy atom. The van der Waals surface area contributed by atoms with Gasteiger partial charge < -0.3 is 0 Å². The number of para-hydroxylation sites is 1. The van der Waals surface area contributed by atoms with Gasteiger partial charge in [-0.15, -0.1) is 10.2 Å². The van der Waals surface area contributed by atoms with Crippen molar-refractivity contribution >= 4 is 38.1 Å². The van der Waals surface area contributed by atoms with E-state index in [1.54, 1.807) is 12.1 Å². The molecule has 3 aromatic carbocycles. The third kappa shape index (κ3) is 4.57. The summed E-state index contributed by atoms with van der Waals surface area (Å²) < 4.78 is 28.3. The SMILES string of the molecule is O=C(Nc1nnc(Cc2ccccc2)s1)c1cccc(S(=O)(=O)N2CCCc3ccccc32)c1. The molecule has 0 spiro atoms. The molecule has 0 saturated carbocycles. The number of amides is 1. The molecule has 0 bridgehead atoms. The second kappa shape index (κ2) is 9.36. The fourth-order valence-corrected chi connectivity index (χ4v) is 6.35. The highest BCUT2D eigenvalue weighted by molar-refractivity contribution is 7.92. The van der Waals surface area contributed by atoms with Crippen LogP contribution in [0.3, 0.4) is 0 Å². The van der Waals surface area contributed by atoms with Gasteiger partial charge in [0, 0.05) is 18.5 Å². The van der Waals surface area contributed by atoms with Crippen LogP contribution in [-0.4, -0.2) is 31.1 Å². The number of aryl methyl sites for hydroxylation is 1. The zero-order chi connectivity index (χ0) is 23.5. The van der Waals surface area contributed by atoms with Gasteiger partial charge in [0.2, 0.25) is 5.13 Å². The van der Waals surface area contributed by atoms with E-state index in [4.69, 9.17) is 0 Å². The topological polar surface area (TPSA) is 92.3 Å². The van der Waals surface area contributed by atoms with Crippen molar-refractivity contribution in [3.05, 3.63) is 101 Å². The van der Waals surface area contributed by atoms with Gasteiger partial charge >= 0.3 is 0 Å². The van der Waals surface area contributed by atoms with Crippen molar-refractivity contribution in [2.45, 2.75) is 24.2 Å². The molecule has 2 heterocycles. The van der Waals surface area contributed by atoms with Crippen molar-refractivity contribution in [1.82, 2.24) is 10.2 Å². The lowest BCUT2D eigenvalue weighted by Gasteiger charge is -2.30. The molecule has 1 N–H and O–H groups in total. The van der Waals surface area contributed by atoms with E-state index in [1.807, 2.05) is 54.6 Å². The number of carbonyl (C=O) groups excluding carboxylic acids is 1. The minimum absolute atomic E-state index is 0.0823. The summed E-state index contributed by atoms with van der Waals surface area (Å²) in [5.74, 6) is -0.432. The lowest BCUT2D eigenvalue weighted by Crippen LogP contribution is -2.35. The molecule has 1 aliphatic rings. The lowest BCUT2D eigenvalue weighted by atomic mass is 10.0. The van der Waals surface area contributed by atoms with Gasteiger partial charge in [-0.05, 0) is 48.2 Å². The Labute approximate surface area is 202 Å². The van der Waals surface area contributed by atoms with Crippen LogP contribution in [0.5, 0.6) is 0 Å². The third-order valence-corrected chi connectivity index (χ3v) is 8.29. The molecule has 5 rings (SSSR count). The van der Waals surface area contributed by atoms with Crippen molar-refractivity contribution in [3.63, 3.8) is 0 Å². The monoisotopic (exact) mass is 490 g/mol. The number of carbonyl (C=O) groups is 1. The Bertz CT molecular complexity index is 1440. The Balaban J connectivity index is 1.34. The number of sulfonamides is 1. The molecule has 7 nitrogen and oxygen atoms in total. The van der Waals surface area contributed by atoms with Gasteiger partial charge in [0.1, 0.15) is 5.01 Å². The van der Waals surface area contributed by atoms with Crippen LogP contribution in [0.25, 0.3) is 0 Å². The van der Waals surface area contributed by atoms with Gasteiger partial charge in [0.15, 0.2) is 0 Å². The molecule has 0 aliphatic carbocycles. The second-order valence-electron chi connectivity index (χ2n) is 7.95. The molecule has 1 aromatic heterocycles. The Morgan fingerprint density at radius 1 is 0.971 bits per heavy atom. The normalized spacial score (nSPS) is 13.4. The third-order valence-electron chi connectivity index (χ3n) is 5.64. The van der Waals surface area contributed by atoms with Gasteiger partial charge in [0.05, 0.1) is 10.6 Å². The van der Waals surface area contributed by atoms with E-state index in [2.05, 4.69) is 15.5 Å². The van der Waals surface area contributed by atoms with E-state index in [9.17, 15) is 13.2 Å². The minimum Gasteiger partial charge on any atom is -0.296 e. The highest BCUT2D eigenvalue weighted by Gasteiger charge is 2.29. The van der Waals surface area contributed by atoms with Crippen LogP contribution in [0.4, 0.5) is 10.8 Å². The molecule has 0 radical (unpaired) electrons. The number of hydrogen-bond donors (Lipinski definition) is 1. The van der Waals surface area contributed by atoms with E-state index in [1.165, 1.54) is 27.8 Å². The van der Waals surface area contributed by atoms with Gasteiger partial charge in [-0.2, -0.15) is 0 Å². The van der Waals surface area contributed by atoms with E-state index in [-0.39, 0.29) is 10.5 Å². The average molecular weight is 491 g/mol. The number of rotatable bonds is 6. The first-order valence-electron chi connectivity index (χ1n) is 10.9. The molecular weight excluding hydrogens is 468 g/mol. The number of benzene rings is 3. The summed E-state index contributed by atoms with van der Waals surface area (Å²) in [5, 5.41) is 12.1. The standard InChI is InChI=1S/C25H22N4O3S2/c30-24(26-25-28-27-23(33-25)16-18-8-2-1-3-9-18)20-11-6-13-21(17-20)34(31,32)29-15-7-12-19-10-4-5-14-22(19)29/h1-6,8-11,13-14,17H,7,12,15-16H2,(H,26,28,30). The van der Waals surface area contributed by atoms with Crippen molar-refractivity contribution in [3.8, 4) is 0 Å². The van der Waals surface area contributed by atoms with Crippen molar-refractivity contribution in [2.24, 2.45) is 0 Å². The van der Waals surface area contributed by atoms with Crippen LogP contribution in [0.2, 0.25) is 0 Å². The first kappa shape index (κ1) is 22.2. The highest BCUT2D eigenvalue weighted by atomic mass is 32.2. The van der Waals surface area contributed by atoms with Crippen LogP contribution in [-0.2, 0) is 22.9 Å². The summed E-state index contributed by atoms with van der Waals surface area (Å²) in [6, 6.07) is 23.5. The van der Waals surface area contributed by atoms with Gasteiger partial charge in [0.25, 0.3) is 15.9 Å². The smallest absolute Gasteiger partial charge is 0.264 e. The zero-order valence-electron chi connectivity index (χ0n) is 18.2. The maximum Gasteiger partial charge on any atom is 0.264 e. The number of nitrogens with one attached hydrogen (secondary N) is 1. The Kier molecular flexibility index (Phi) is 6.12.